The number of rotatable bonds is 3. The maximum Gasteiger partial charge on any atom is 0.0137 e. The van der Waals surface area contributed by atoms with Gasteiger partial charge in [0.1, 0.15) is 0 Å². The largest absolute Gasteiger partial charge is 0.0725 e. The van der Waals surface area contributed by atoms with Crippen LogP contribution in [0.15, 0.2) is 22.2 Å². The highest BCUT2D eigenvalue weighted by Crippen LogP contribution is 2.14. The second-order valence-electron chi connectivity index (χ2n) is 3.14. The summed E-state index contributed by atoms with van der Waals surface area (Å²) in [6, 6.07) is 0. The number of hydrogen-bond donors (Lipinski definition) is 0. The predicted molar refractivity (Wildman–Crippen MR) is 55.9 cm³/mol. The predicted octanol–water partition coefficient (Wildman–Crippen LogP) is 4.28. The first-order chi connectivity index (χ1) is 5.06. The van der Waals surface area contributed by atoms with E-state index in [1.807, 2.05) is 0 Å². The lowest BCUT2D eigenvalue weighted by atomic mass is 10.1. The van der Waals surface area contributed by atoms with Gasteiger partial charge in [-0.25, -0.2) is 0 Å². The molecule has 0 aliphatic carbocycles. The second kappa shape index (κ2) is 5.59. The molecule has 0 nitrogen and oxygen atoms in total. The molecule has 0 fully saturated rings. The van der Waals surface area contributed by atoms with Crippen molar-refractivity contribution in [2.24, 2.45) is 5.92 Å². The molecule has 0 atom stereocenters. The van der Waals surface area contributed by atoms with Crippen molar-refractivity contribution in [1.29, 1.82) is 0 Å². The fourth-order valence-electron chi connectivity index (χ4n) is 0.704. The van der Waals surface area contributed by atoms with Crippen molar-refractivity contribution in [2.75, 3.05) is 0 Å². The van der Waals surface area contributed by atoms with E-state index < -0.39 is 0 Å². The van der Waals surface area contributed by atoms with Crippen LogP contribution in [0.5, 0.6) is 0 Å². The van der Waals surface area contributed by atoms with Gasteiger partial charge in [-0.05, 0) is 25.3 Å². The molecule has 0 rings (SSSR count). The highest BCUT2D eigenvalue weighted by molar-refractivity contribution is 9.11. The average Bonchev–Trinajstić information content (AvgIpc) is 1.85. The van der Waals surface area contributed by atoms with Crippen molar-refractivity contribution in [3.05, 3.63) is 22.2 Å². The molecular formula is C10H17Br. The van der Waals surface area contributed by atoms with Gasteiger partial charge in [-0.15, -0.1) is 0 Å². The van der Waals surface area contributed by atoms with Crippen LogP contribution in [0, 0.1) is 5.92 Å². The van der Waals surface area contributed by atoms with E-state index in [1.54, 1.807) is 0 Å². The van der Waals surface area contributed by atoms with Crippen LogP contribution >= 0.6 is 15.9 Å². The molecule has 0 unspecified atom stereocenters. The number of hydrogen-bond acceptors (Lipinski definition) is 0. The molecule has 0 aliphatic heterocycles. The summed E-state index contributed by atoms with van der Waals surface area (Å²) < 4.78 is 1.20. The first-order valence-corrected chi connectivity index (χ1v) is 4.90. The zero-order valence-electron chi connectivity index (χ0n) is 7.82. The average molecular weight is 217 g/mol. The van der Waals surface area contributed by atoms with Gasteiger partial charge < -0.3 is 0 Å². The lowest BCUT2D eigenvalue weighted by Gasteiger charge is -1.97. The number of halogens is 1. The van der Waals surface area contributed by atoms with Crippen LogP contribution in [0.4, 0.5) is 0 Å². The fourth-order valence-corrected chi connectivity index (χ4v) is 1.62. The van der Waals surface area contributed by atoms with E-state index in [9.17, 15) is 0 Å². The van der Waals surface area contributed by atoms with Crippen LogP contribution in [0.1, 0.15) is 34.1 Å². The summed E-state index contributed by atoms with van der Waals surface area (Å²) in [6.07, 6.45) is 5.51. The maximum atomic E-state index is 3.50. The van der Waals surface area contributed by atoms with E-state index in [1.165, 1.54) is 10.1 Å². The Kier molecular flexibility index (Phi) is 5.57. The summed E-state index contributed by atoms with van der Waals surface area (Å²) in [5, 5.41) is 0. The summed E-state index contributed by atoms with van der Waals surface area (Å²) in [7, 11) is 0. The molecule has 0 amide bonds. The molecule has 64 valence electrons. The van der Waals surface area contributed by atoms with Crippen molar-refractivity contribution in [2.45, 2.75) is 34.1 Å². The van der Waals surface area contributed by atoms with E-state index in [4.69, 9.17) is 0 Å². The minimum absolute atomic E-state index is 0.616. The Morgan fingerprint density at radius 2 is 2.00 bits per heavy atom. The van der Waals surface area contributed by atoms with Gasteiger partial charge in [-0.1, -0.05) is 48.4 Å². The fraction of sp³-hybridized carbons (Fsp3) is 0.600. The van der Waals surface area contributed by atoms with Crippen LogP contribution in [0.25, 0.3) is 0 Å². The van der Waals surface area contributed by atoms with Gasteiger partial charge in [0, 0.05) is 4.48 Å². The van der Waals surface area contributed by atoms with Gasteiger partial charge in [0.15, 0.2) is 0 Å². The summed E-state index contributed by atoms with van der Waals surface area (Å²) in [6.45, 7) is 8.67. The van der Waals surface area contributed by atoms with Crippen molar-refractivity contribution in [1.82, 2.24) is 0 Å². The maximum absolute atomic E-state index is 3.50. The monoisotopic (exact) mass is 216 g/mol. The lowest BCUT2D eigenvalue weighted by Crippen LogP contribution is -1.79. The minimum Gasteiger partial charge on any atom is -0.0725 e. The van der Waals surface area contributed by atoms with E-state index in [0.717, 1.165) is 6.42 Å². The summed E-state index contributed by atoms with van der Waals surface area (Å²) in [5.74, 6) is 0.616. The highest BCUT2D eigenvalue weighted by atomic mass is 79.9. The first kappa shape index (κ1) is 11.0. The lowest BCUT2D eigenvalue weighted by molar-refractivity contribution is 0.830. The standard InChI is InChI=1S/C10H17Br/c1-5-9(4)7-10(11)6-8(2)3/h6-8H,5H2,1-4H3/b9-7+,10-6+. The molecule has 11 heavy (non-hydrogen) atoms. The molecular weight excluding hydrogens is 200 g/mol. The summed E-state index contributed by atoms with van der Waals surface area (Å²) in [4.78, 5) is 0. The Labute approximate surface area is 78.5 Å². The summed E-state index contributed by atoms with van der Waals surface area (Å²) >= 11 is 3.50. The smallest absolute Gasteiger partial charge is 0.0137 e. The van der Waals surface area contributed by atoms with E-state index in [0.29, 0.717) is 5.92 Å². The Bertz CT molecular complexity index is 164. The third-order valence-corrected chi connectivity index (χ3v) is 1.93. The van der Waals surface area contributed by atoms with Gasteiger partial charge >= 0.3 is 0 Å². The third-order valence-electron chi connectivity index (χ3n) is 1.43. The number of allylic oxidation sites excluding steroid dienone is 4. The van der Waals surface area contributed by atoms with Crippen LogP contribution in [0.2, 0.25) is 0 Å². The first-order valence-electron chi connectivity index (χ1n) is 4.10. The Morgan fingerprint density at radius 1 is 1.45 bits per heavy atom. The van der Waals surface area contributed by atoms with Gasteiger partial charge in [0.05, 0.1) is 0 Å². The van der Waals surface area contributed by atoms with E-state index >= 15 is 0 Å². The molecule has 1 heteroatoms. The van der Waals surface area contributed by atoms with Gasteiger partial charge in [-0.3, -0.25) is 0 Å². The normalized spacial score (nSPS) is 14.4. The van der Waals surface area contributed by atoms with Gasteiger partial charge in [0.25, 0.3) is 0 Å². The topological polar surface area (TPSA) is 0 Å². The molecule has 0 N–H and O–H groups in total. The molecule has 0 heterocycles. The molecule has 0 bridgehead atoms. The van der Waals surface area contributed by atoms with Crippen molar-refractivity contribution in [3.8, 4) is 0 Å². The Balaban J connectivity index is 4.15. The molecule has 0 saturated carbocycles. The third kappa shape index (κ3) is 6.36. The molecule has 0 aromatic rings. The molecule has 0 aromatic heterocycles. The molecule has 0 saturated heterocycles. The Hall–Kier alpha value is -0.0400. The van der Waals surface area contributed by atoms with E-state index in [-0.39, 0.29) is 0 Å². The SMILES string of the molecule is CC/C(C)=C/C(Br)=C\C(C)C. The Morgan fingerprint density at radius 3 is 2.36 bits per heavy atom. The summed E-state index contributed by atoms with van der Waals surface area (Å²) in [5.41, 5.74) is 1.41. The molecule has 0 aromatic carbocycles. The highest BCUT2D eigenvalue weighted by Gasteiger charge is 1.90. The van der Waals surface area contributed by atoms with Crippen molar-refractivity contribution < 1.29 is 0 Å². The molecule has 0 spiro atoms. The van der Waals surface area contributed by atoms with Crippen LogP contribution in [-0.2, 0) is 0 Å². The second-order valence-corrected chi connectivity index (χ2v) is 4.06. The molecule has 0 aliphatic rings. The van der Waals surface area contributed by atoms with E-state index in [2.05, 4.69) is 55.8 Å². The van der Waals surface area contributed by atoms with Crippen LogP contribution < -0.4 is 0 Å². The molecule has 0 radical (unpaired) electrons. The quantitative estimate of drug-likeness (QED) is 0.619. The zero-order chi connectivity index (χ0) is 8.85. The van der Waals surface area contributed by atoms with Crippen molar-refractivity contribution >= 4 is 15.9 Å². The zero-order valence-corrected chi connectivity index (χ0v) is 9.40. The van der Waals surface area contributed by atoms with Crippen molar-refractivity contribution in [3.63, 3.8) is 0 Å². The van der Waals surface area contributed by atoms with Crippen LogP contribution in [0.3, 0.4) is 0 Å². The van der Waals surface area contributed by atoms with Crippen LogP contribution in [-0.4, -0.2) is 0 Å². The van der Waals surface area contributed by atoms with Gasteiger partial charge in [-0.2, -0.15) is 0 Å². The minimum atomic E-state index is 0.616. The van der Waals surface area contributed by atoms with Gasteiger partial charge in [0.2, 0.25) is 0 Å².